The summed E-state index contributed by atoms with van der Waals surface area (Å²) in [5, 5.41) is 3.39. The van der Waals surface area contributed by atoms with Gasteiger partial charge in [-0.15, -0.1) is 0 Å². The molecule has 6 heteroatoms. The smallest absolute Gasteiger partial charge is 0.241 e. The quantitative estimate of drug-likeness (QED) is 0.378. The van der Waals surface area contributed by atoms with Crippen LogP contribution in [0.5, 0.6) is 0 Å². The monoisotopic (exact) mass is 436 g/mol. The van der Waals surface area contributed by atoms with Crippen molar-refractivity contribution in [3.8, 4) is 0 Å². The summed E-state index contributed by atoms with van der Waals surface area (Å²) < 4.78 is 0. The molecule has 5 rings (SSSR count). The van der Waals surface area contributed by atoms with Crippen molar-refractivity contribution in [3.63, 3.8) is 0 Å². The second-order valence-electron chi connectivity index (χ2n) is 8.30. The zero-order valence-corrected chi connectivity index (χ0v) is 18.9. The van der Waals surface area contributed by atoms with Gasteiger partial charge in [0.15, 0.2) is 0 Å². The third-order valence-corrected chi connectivity index (χ3v) is 5.79. The van der Waals surface area contributed by atoms with Crippen LogP contribution in [0, 0.1) is 6.92 Å². The molecule has 0 atom stereocenters. The lowest BCUT2D eigenvalue weighted by Gasteiger charge is -2.29. The summed E-state index contributed by atoms with van der Waals surface area (Å²) in [4.78, 5) is 19.0. The number of anilines is 6. The number of aromatic nitrogens is 3. The van der Waals surface area contributed by atoms with Gasteiger partial charge in [-0.3, -0.25) is 4.90 Å². The topological polar surface area (TPSA) is 57.2 Å². The molecule has 1 aliphatic heterocycles. The van der Waals surface area contributed by atoms with E-state index in [1.165, 1.54) is 12.0 Å². The summed E-state index contributed by atoms with van der Waals surface area (Å²) in [5.41, 5.74) is 4.17. The number of benzene rings is 3. The Morgan fingerprint density at radius 2 is 1.30 bits per heavy atom. The van der Waals surface area contributed by atoms with Gasteiger partial charge in [-0.25, -0.2) is 0 Å². The molecule has 166 valence electrons. The fraction of sp³-hybridized carbons (Fsp3) is 0.222. The van der Waals surface area contributed by atoms with Crippen molar-refractivity contribution in [1.82, 2.24) is 15.0 Å². The molecule has 1 aliphatic rings. The number of nitrogens with zero attached hydrogens (tertiary/aromatic N) is 5. The molecular formula is C27H28N6. The molecule has 0 amide bonds. The van der Waals surface area contributed by atoms with Crippen molar-refractivity contribution in [2.45, 2.75) is 26.2 Å². The Hall–Kier alpha value is -3.93. The molecule has 0 unspecified atom stereocenters. The van der Waals surface area contributed by atoms with E-state index in [0.717, 1.165) is 43.0 Å². The molecule has 0 saturated carbocycles. The molecule has 0 aliphatic carbocycles. The second kappa shape index (κ2) is 9.69. The van der Waals surface area contributed by atoms with Crippen molar-refractivity contribution >= 4 is 34.9 Å². The number of hydrogen-bond donors (Lipinski definition) is 1. The first-order valence-corrected chi connectivity index (χ1v) is 11.5. The van der Waals surface area contributed by atoms with Gasteiger partial charge in [-0.05, 0) is 62.6 Å². The number of aryl methyl sites for hydroxylation is 1. The minimum Gasteiger partial charge on any atom is -0.341 e. The molecular weight excluding hydrogens is 408 g/mol. The van der Waals surface area contributed by atoms with Crippen LogP contribution in [0.2, 0.25) is 0 Å². The Balaban J connectivity index is 1.61. The molecule has 1 aromatic heterocycles. The van der Waals surface area contributed by atoms with Crippen LogP contribution in [0.1, 0.15) is 24.8 Å². The van der Waals surface area contributed by atoms with E-state index < -0.39 is 0 Å². The lowest BCUT2D eigenvalue weighted by atomic mass is 10.1. The second-order valence-corrected chi connectivity index (χ2v) is 8.30. The third-order valence-electron chi connectivity index (χ3n) is 5.79. The van der Waals surface area contributed by atoms with Gasteiger partial charge in [0.1, 0.15) is 0 Å². The van der Waals surface area contributed by atoms with Gasteiger partial charge in [0.2, 0.25) is 17.8 Å². The highest BCUT2D eigenvalue weighted by atomic mass is 15.4. The SMILES string of the molecule is Cc1ccc(Nc2nc(N3CCCCC3)nc(N(c3ccccc3)c3ccccc3)n2)cc1. The average molecular weight is 437 g/mol. The lowest BCUT2D eigenvalue weighted by Crippen LogP contribution is -2.31. The molecule has 1 N–H and O–H groups in total. The highest BCUT2D eigenvalue weighted by Crippen LogP contribution is 2.33. The van der Waals surface area contributed by atoms with Crippen molar-refractivity contribution in [1.29, 1.82) is 0 Å². The van der Waals surface area contributed by atoms with Crippen molar-refractivity contribution in [3.05, 3.63) is 90.5 Å². The van der Waals surface area contributed by atoms with Gasteiger partial charge in [0.25, 0.3) is 0 Å². The van der Waals surface area contributed by atoms with Gasteiger partial charge in [-0.1, -0.05) is 54.1 Å². The summed E-state index contributed by atoms with van der Waals surface area (Å²) in [5.74, 6) is 1.85. The minimum absolute atomic E-state index is 0.543. The van der Waals surface area contributed by atoms with E-state index in [9.17, 15) is 0 Å². The van der Waals surface area contributed by atoms with Crippen LogP contribution < -0.4 is 15.1 Å². The van der Waals surface area contributed by atoms with E-state index in [-0.39, 0.29) is 0 Å². The number of para-hydroxylation sites is 2. The molecule has 1 saturated heterocycles. The Kier molecular flexibility index (Phi) is 6.15. The van der Waals surface area contributed by atoms with Crippen LogP contribution in [0.25, 0.3) is 0 Å². The molecule has 0 radical (unpaired) electrons. The van der Waals surface area contributed by atoms with Crippen LogP contribution in [-0.2, 0) is 0 Å². The Morgan fingerprint density at radius 1 is 0.697 bits per heavy atom. The van der Waals surface area contributed by atoms with E-state index in [2.05, 4.69) is 58.4 Å². The standard InChI is InChI=1S/C27H28N6/c1-21-15-17-22(18-16-21)28-25-29-26(32-19-9-4-10-20-32)31-27(30-25)33(23-11-5-2-6-12-23)24-13-7-3-8-14-24/h2-3,5-8,11-18H,4,9-10,19-20H2,1H3,(H,28,29,30,31). The predicted octanol–water partition coefficient (Wildman–Crippen LogP) is 6.38. The molecule has 33 heavy (non-hydrogen) atoms. The van der Waals surface area contributed by atoms with Crippen LogP contribution in [0.15, 0.2) is 84.9 Å². The Bertz CT molecular complexity index is 1130. The summed E-state index contributed by atoms with van der Waals surface area (Å²) in [6.45, 7) is 4.01. The number of nitrogens with one attached hydrogen (secondary N) is 1. The maximum Gasteiger partial charge on any atom is 0.241 e. The molecule has 0 bridgehead atoms. The third kappa shape index (κ3) is 4.95. The average Bonchev–Trinajstić information content (AvgIpc) is 2.87. The van der Waals surface area contributed by atoms with E-state index in [1.807, 2.05) is 48.5 Å². The van der Waals surface area contributed by atoms with E-state index >= 15 is 0 Å². The van der Waals surface area contributed by atoms with Crippen LogP contribution >= 0.6 is 0 Å². The first-order chi connectivity index (χ1) is 16.3. The van der Waals surface area contributed by atoms with Crippen LogP contribution in [0.4, 0.5) is 34.9 Å². The van der Waals surface area contributed by atoms with E-state index in [0.29, 0.717) is 17.8 Å². The van der Waals surface area contributed by atoms with Gasteiger partial charge in [0, 0.05) is 30.2 Å². The van der Waals surface area contributed by atoms with Gasteiger partial charge < -0.3 is 10.2 Å². The predicted molar refractivity (Wildman–Crippen MR) is 135 cm³/mol. The molecule has 0 spiro atoms. The van der Waals surface area contributed by atoms with Gasteiger partial charge in [0.05, 0.1) is 0 Å². The molecule has 2 heterocycles. The maximum atomic E-state index is 4.96. The van der Waals surface area contributed by atoms with Crippen LogP contribution in [0.3, 0.4) is 0 Å². The van der Waals surface area contributed by atoms with Gasteiger partial charge >= 0.3 is 0 Å². The molecule has 1 fully saturated rings. The highest BCUT2D eigenvalue weighted by molar-refractivity contribution is 5.73. The number of piperidine rings is 1. The lowest BCUT2D eigenvalue weighted by molar-refractivity contribution is 0.568. The Labute approximate surface area is 195 Å². The number of hydrogen-bond acceptors (Lipinski definition) is 6. The normalized spacial score (nSPS) is 13.5. The molecule has 4 aromatic rings. The first kappa shape index (κ1) is 20.9. The first-order valence-electron chi connectivity index (χ1n) is 11.5. The largest absolute Gasteiger partial charge is 0.341 e. The fourth-order valence-corrected chi connectivity index (χ4v) is 4.05. The minimum atomic E-state index is 0.543. The van der Waals surface area contributed by atoms with E-state index in [4.69, 9.17) is 15.0 Å². The fourth-order valence-electron chi connectivity index (χ4n) is 4.05. The summed E-state index contributed by atoms with van der Waals surface area (Å²) in [6.07, 6.45) is 3.56. The number of rotatable bonds is 6. The molecule has 3 aromatic carbocycles. The zero-order chi connectivity index (χ0) is 22.5. The van der Waals surface area contributed by atoms with E-state index in [1.54, 1.807) is 0 Å². The zero-order valence-electron chi connectivity index (χ0n) is 18.9. The maximum absolute atomic E-state index is 4.96. The molecule has 6 nitrogen and oxygen atoms in total. The highest BCUT2D eigenvalue weighted by Gasteiger charge is 2.21. The summed E-state index contributed by atoms with van der Waals surface area (Å²) in [7, 11) is 0. The summed E-state index contributed by atoms with van der Waals surface area (Å²) in [6, 6.07) is 28.7. The van der Waals surface area contributed by atoms with Crippen molar-refractivity contribution in [2.24, 2.45) is 0 Å². The van der Waals surface area contributed by atoms with Crippen molar-refractivity contribution in [2.75, 3.05) is 28.2 Å². The van der Waals surface area contributed by atoms with Crippen LogP contribution in [-0.4, -0.2) is 28.0 Å². The van der Waals surface area contributed by atoms with Gasteiger partial charge in [-0.2, -0.15) is 15.0 Å². The Morgan fingerprint density at radius 3 is 1.91 bits per heavy atom. The summed E-state index contributed by atoms with van der Waals surface area (Å²) >= 11 is 0. The van der Waals surface area contributed by atoms with Crippen molar-refractivity contribution < 1.29 is 0 Å².